The molecule has 0 unspecified atom stereocenters. The highest BCUT2D eigenvalue weighted by Gasteiger charge is 2.16. The van der Waals surface area contributed by atoms with Crippen molar-refractivity contribution in [3.8, 4) is 5.75 Å². The van der Waals surface area contributed by atoms with Gasteiger partial charge in [0.2, 0.25) is 0 Å². The number of hydrogen-bond donors (Lipinski definition) is 0. The van der Waals surface area contributed by atoms with Gasteiger partial charge in [0.05, 0.1) is 0 Å². The number of methoxy groups -OCH3 is 1. The van der Waals surface area contributed by atoms with Gasteiger partial charge in [-0.2, -0.15) is 0 Å². The summed E-state index contributed by atoms with van der Waals surface area (Å²) in [5.74, 6) is 0.842. The Kier molecular flexibility index (Phi) is 3.27. The largest absolute Gasteiger partial charge is 0.468 e. The first-order valence-corrected chi connectivity index (χ1v) is 6.94. The molecule has 0 N–H and O–H groups in total. The molecule has 0 heterocycles. The molecule has 1 aliphatic rings. The molecule has 0 aliphatic heterocycles. The van der Waals surface area contributed by atoms with Crippen molar-refractivity contribution in [1.29, 1.82) is 0 Å². The van der Waals surface area contributed by atoms with Gasteiger partial charge < -0.3 is 9.47 Å². The zero-order valence-electron chi connectivity index (χ0n) is 10.3. The normalized spacial score (nSPS) is 13.9. The second-order valence-corrected chi connectivity index (χ2v) is 5.47. The maximum absolute atomic E-state index is 5.51. The monoisotopic (exact) mass is 306 g/mol. The van der Waals surface area contributed by atoms with Crippen molar-refractivity contribution in [1.82, 2.24) is 0 Å². The zero-order chi connectivity index (χ0) is 12.5. The molecular weight excluding hydrogens is 292 g/mol. The number of fused-ring (bicyclic) bond motifs is 3. The lowest BCUT2D eigenvalue weighted by molar-refractivity contribution is 0.0512. The zero-order valence-corrected chi connectivity index (χ0v) is 11.9. The average molecular weight is 307 g/mol. The van der Waals surface area contributed by atoms with Crippen LogP contribution in [-0.2, 0) is 17.6 Å². The maximum Gasteiger partial charge on any atom is 0.188 e. The molecule has 0 aromatic heterocycles. The van der Waals surface area contributed by atoms with Gasteiger partial charge in [0.25, 0.3) is 0 Å². The SMILES string of the molecule is COCOc1cc(Br)c2c3c(ccc2c1)CCC3. The number of aryl methyl sites for hydroxylation is 2. The van der Waals surface area contributed by atoms with E-state index in [1.807, 2.05) is 6.07 Å². The first kappa shape index (κ1) is 12.0. The molecule has 0 fully saturated rings. The highest BCUT2D eigenvalue weighted by molar-refractivity contribution is 9.10. The van der Waals surface area contributed by atoms with Crippen molar-refractivity contribution >= 4 is 26.7 Å². The second kappa shape index (κ2) is 4.90. The van der Waals surface area contributed by atoms with E-state index >= 15 is 0 Å². The predicted molar refractivity (Wildman–Crippen MR) is 76.2 cm³/mol. The number of rotatable bonds is 3. The summed E-state index contributed by atoms with van der Waals surface area (Å²) >= 11 is 3.67. The van der Waals surface area contributed by atoms with Crippen LogP contribution in [0.1, 0.15) is 17.5 Å². The average Bonchev–Trinajstić information content (AvgIpc) is 2.84. The van der Waals surface area contributed by atoms with Crippen LogP contribution in [0.5, 0.6) is 5.75 Å². The maximum atomic E-state index is 5.51. The minimum absolute atomic E-state index is 0.281. The predicted octanol–water partition coefficient (Wildman–Crippen LogP) is 4.07. The van der Waals surface area contributed by atoms with Crippen LogP contribution in [0.3, 0.4) is 0 Å². The third-order valence-electron chi connectivity index (χ3n) is 3.46. The lowest BCUT2D eigenvalue weighted by Gasteiger charge is -2.11. The molecule has 0 spiro atoms. The summed E-state index contributed by atoms with van der Waals surface area (Å²) in [6, 6.07) is 8.54. The minimum Gasteiger partial charge on any atom is -0.468 e. The van der Waals surface area contributed by atoms with Crippen molar-refractivity contribution in [3.63, 3.8) is 0 Å². The van der Waals surface area contributed by atoms with Crippen molar-refractivity contribution in [2.45, 2.75) is 19.3 Å². The van der Waals surface area contributed by atoms with Gasteiger partial charge in [-0.05, 0) is 53.3 Å². The van der Waals surface area contributed by atoms with Crippen molar-refractivity contribution < 1.29 is 9.47 Å². The van der Waals surface area contributed by atoms with Gasteiger partial charge in [0.15, 0.2) is 6.79 Å². The summed E-state index contributed by atoms with van der Waals surface area (Å²) in [4.78, 5) is 0. The molecular formula is C15H15BrO2. The van der Waals surface area contributed by atoms with E-state index in [1.165, 1.54) is 41.2 Å². The van der Waals surface area contributed by atoms with Crippen molar-refractivity contribution in [2.75, 3.05) is 13.9 Å². The lowest BCUT2D eigenvalue weighted by Crippen LogP contribution is -1.99. The fraction of sp³-hybridized carbons (Fsp3) is 0.333. The third-order valence-corrected chi connectivity index (χ3v) is 4.09. The summed E-state index contributed by atoms with van der Waals surface area (Å²) < 4.78 is 11.6. The van der Waals surface area contributed by atoms with E-state index in [0.29, 0.717) is 0 Å². The molecule has 94 valence electrons. The molecule has 2 aromatic carbocycles. The van der Waals surface area contributed by atoms with Gasteiger partial charge in [-0.1, -0.05) is 28.1 Å². The summed E-state index contributed by atoms with van der Waals surface area (Å²) in [7, 11) is 1.63. The van der Waals surface area contributed by atoms with E-state index in [-0.39, 0.29) is 6.79 Å². The van der Waals surface area contributed by atoms with Crippen LogP contribution in [0, 0.1) is 0 Å². The van der Waals surface area contributed by atoms with E-state index in [9.17, 15) is 0 Å². The minimum atomic E-state index is 0.281. The molecule has 2 aromatic rings. The molecule has 0 radical (unpaired) electrons. The van der Waals surface area contributed by atoms with E-state index < -0.39 is 0 Å². The Balaban J connectivity index is 2.12. The summed E-state index contributed by atoms with van der Waals surface area (Å²) in [6.07, 6.45) is 3.66. The van der Waals surface area contributed by atoms with Crippen LogP contribution in [0.4, 0.5) is 0 Å². The van der Waals surface area contributed by atoms with Crippen LogP contribution in [0.15, 0.2) is 28.7 Å². The fourth-order valence-electron chi connectivity index (χ4n) is 2.69. The molecule has 0 bridgehead atoms. The standard InChI is InChI=1S/C15H15BrO2/c1-17-9-18-12-7-11-6-5-10-3-2-4-13(10)15(11)14(16)8-12/h5-8H,2-4,9H2,1H3. The van der Waals surface area contributed by atoms with Crippen molar-refractivity contribution in [3.05, 3.63) is 39.9 Å². The number of ether oxygens (including phenoxy) is 2. The Morgan fingerprint density at radius 3 is 2.94 bits per heavy atom. The van der Waals surface area contributed by atoms with Crippen LogP contribution in [0.2, 0.25) is 0 Å². The van der Waals surface area contributed by atoms with E-state index in [2.05, 4.69) is 34.1 Å². The van der Waals surface area contributed by atoms with E-state index in [4.69, 9.17) is 9.47 Å². The Bertz CT molecular complexity index is 593. The van der Waals surface area contributed by atoms with E-state index in [0.717, 1.165) is 10.2 Å². The number of hydrogen-bond acceptors (Lipinski definition) is 2. The summed E-state index contributed by atoms with van der Waals surface area (Å²) in [6.45, 7) is 0.281. The van der Waals surface area contributed by atoms with E-state index in [1.54, 1.807) is 7.11 Å². The Morgan fingerprint density at radius 2 is 2.11 bits per heavy atom. The number of benzene rings is 2. The van der Waals surface area contributed by atoms with Crippen molar-refractivity contribution in [2.24, 2.45) is 0 Å². The molecule has 0 atom stereocenters. The molecule has 0 saturated carbocycles. The fourth-order valence-corrected chi connectivity index (χ4v) is 3.38. The smallest absolute Gasteiger partial charge is 0.188 e. The number of halogens is 1. The van der Waals surface area contributed by atoms with Gasteiger partial charge in [0, 0.05) is 11.6 Å². The van der Waals surface area contributed by atoms with Gasteiger partial charge in [-0.25, -0.2) is 0 Å². The lowest BCUT2D eigenvalue weighted by atomic mass is 10.0. The molecule has 18 heavy (non-hydrogen) atoms. The van der Waals surface area contributed by atoms with Gasteiger partial charge in [0.1, 0.15) is 5.75 Å². The van der Waals surface area contributed by atoms with Gasteiger partial charge in [-0.15, -0.1) is 0 Å². The highest BCUT2D eigenvalue weighted by atomic mass is 79.9. The molecule has 0 amide bonds. The van der Waals surface area contributed by atoms with Gasteiger partial charge in [-0.3, -0.25) is 0 Å². The quantitative estimate of drug-likeness (QED) is 0.796. The molecule has 0 saturated heterocycles. The molecule has 1 aliphatic carbocycles. The van der Waals surface area contributed by atoms with Crippen LogP contribution in [0.25, 0.3) is 10.8 Å². The first-order valence-electron chi connectivity index (χ1n) is 6.15. The molecule has 3 heteroatoms. The van der Waals surface area contributed by atoms with Crippen LogP contribution >= 0.6 is 15.9 Å². The first-order chi connectivity index (χ1) is 8.79. The van der Waals surface area contributed by atoms with Crippen LogP contribution in [-0.4, -0.2) is 13.9 Å². The Hall–Kier alpha value is -1.06. The van der Waals surface area contributed by atoms with Crippen LogP contribution < -0.4 is 4.74 Å². The second-order valence-electron chi connectivity index (χ2n) is 4.61. The summed E-state index contributed by atoms with van der Waals surface area (Å²) in [5, 5.41) is 2.57. The Labute approximate surface area is 115 Å². The topological polar surface area (TPSA) is 18.5 Å². The summed E-state index contributed by atoms with van der Waals surface area (Å²) in [5.41, 5.74) is 2.99. The molecule has 3 rings (SSSR count). The van der Waals surface area contributed by atoms with Gasteiger partial charge >= 0.3 is 0 Å². The third kappa shape index (κ3) is 2.02. The Morgan fingerprint density at radius 1 is 1.22 bits per heavy atom. The highest BCUT2D eigenvalue weighted by Crippen LogP contribution is 2.37. The molecule has 2 nitrogen and oxygen atoms in total.